The van der Waals surface area contributed by atoms with Crippen LogP contribution >= 0.6 is 15.9 Å². The van der Waals surface area contributed by atoms with Crippen molar-refractivity contribution in [1.29, 1.82) is 0 Å². The van der Waals surface area contributed by atoms with Crippen LogP contribution in [0.5, 0.6) is 0 Å². The predicted molar refractivity (Wildman–Crippen MR) is 34.1 cm³/mol. The lowest BCUT2D eigenvalue weighted by molar-refractivity contribution is -0.157. The maximum absolute atomic E-state index is 11.8. The molecule has 0 N–H and O–H groups in total. The molecule has 0 atom stereocenters. The molecule has 0 fully saturated rings. The summed E-state index contributed by atoms with van der Waals surface area (Å²) in [4.78, 5) is 3.04. The van der Waals surface area contributed by atoms with Crippen molar-refractivity contribution in [1.82, 2.24) is 4.98 Å². The van der Waals surface area contributed by atoms with Crippen molar-refractivity contribution < 1.29 is 17.6 Å². The third kappa shape index (κ3) is 1.95. The predicted octanol–water partition coefficient (Wildman–Crippen LogP) is 2.59. The Bertz CT molecular complexity index is 244. The molecule has 11 heavy (non-hydrogen) atoms. The number of hydrogen-bond acceptors (Lipinski definition) is 2. The molecular formula is C5H3BrF3NO. The van der Waals surface area contributed by atoms with Crippen molar-refractivity contribution >= 4 is 15.9 Å². The van der Waals surface area contributed by atoms with E-state index in [1.807, 2.05) is 0 Å². The monoisotopic (exact) mass is 229 g/mol. The highest BCUT2D eigenvalue weighted by Gasteiger charge is 2.36. The van der Waals surface area contributed by atoms with Crippen LogP contribution < -0.4 is 0 Å². The summed E-state index contributed by atoms with van der Waals surface area (Å²) in [6.07, 6.45) is -3.45. The van der Waals surface area contributed by atoms with Crippen molar-refractivity contribution in [2.45, 2.75) is 11.5 Å². The molecule has 0 unspecified atom stereocenters. The average molecular weight is 230 g/mol. The van der Waals surface area contributed by atoms with E-state index >= 15 is 0 Å². The van der Waals surface area contributed by atoms with Crippen molar-refractivity contribution in [3.8, 4) is 0 Å². The highest BCUT2D eigenvalue weighted by atomic mass is 79.9. The molecule has 0 aromatic carbocycles. The second kappa shape index (κ2) is 2.84. The first-order chi connectivity index (χ1) is 5.04. The van der Waals surface area contributed by atoms with Crippen LogP contribution in [0.4, 0.5) is 13.2 Å². The zero-order valence-corrected chi connectivity index (χ0v) is 6.74. The topological polar surface area (TPSA) is 26.0 Å². The first-order valence-corrected chi connectivity index (χ1v) is 3.74. The van der Waals surface area contributed by atoms with E-state index in [2.05, 4.69) is 25.3 Å². The van der Waals surface area contributed by atoms with Gasteiger partial charge < -0.3 is 4.42 Å². The fraction of sp³-hybridized carbons (Fsp3) is 0.400. The van der Waals surface area contributed by atoms with E-state index in [0.29, 0.717) is 0 Å². The number of oxazole rings is 1. The highest BCUT2D eigenvalue weighted by Crippen LogP contribution is 2.28. The summed E-state index contributed by atoms with van der Waals surface area (Å²) in [5, 5.41) is 0.232. The summed E-state index contributed by atoms with van der Waals surface area (Å²) < 4.78 is 39.6. The van der Waals surface area contributed by atoms with Gasteiger partial charge in [0, 0.05) is 0 Å². The van der Waals surface area contributed by atoms with E-state index in [9.17, 15) is 13.2 Å². The van der Waals surface area contributed by atoms with Gasteiger partial charge in [0.25, 0.3) is 0 Å². The second-order valence-corrected chi connectivity index (χ2v) is 2.32. The van der Waals surface area contributed by atoms with Crippen molar-refractivity contribution in [2.75, 3.05) is 0 Å². The number of rotatable bonds is 1. The zero-order valence-electron chi connectivity index (χ0n) is 5.15. The minimum atomic E-state index is -4.49. The molecule has 2 nitrogen and oxygen atoms in total. The number of aromatic nitrogens is 1. The molecular weight excluding hydrogens is 227 g/mol. The Morgan fingerprint density at radius 1 is 1.55 bits per heavy atom. The molecule has 0 saturated carbocycles. The average Bonchev–Trinajstić information content (AvgIpc) is 2.32. The van der Waals surface area contributed by atoms with E-state index in [1.165, 1.54) is 0 Å². The molecule has 0 amide bonds. The minimum absolute atomic E-state index is 0.164. The van der Waals surface area contributed by atoms with E-state index in [1.54, 1.807) is 0 Å². The summed E-state index contributed by atoms with van der Waals surface area (Å²) in [5.74, 6) is -1.04. The molecule has 0 bridgehead atoms. The lowest BCUT2D eigenvalue weighted by Crippen LogP contribution is -2.04. The van der Waals surface area contributed by atoms with Crippen LogP contribution in [0.3, 0.4) is 0 Å². The number of nitrogens with zero attached hydrogens (tertiary/aromatic N) is 1. The molecule has 1 aromatic heterocycles. The molecule has 0 aliphatic rings. The molecule has 0 radical (unpaired) electrons. The molecule has 0 aliphatic carbocycles. The van der Waals surface area contributed by atoms with E-state index in [-0.39, 0.29) is 11.1 Å². The van der Waals surface area contributed by atoms with Gasteiger partial charge in [0.2, 0.25) is 0 Å². The molecule has 0 spiro atoms. The largest absolute Gasteiger partial charge is 0.468 e. The Morgan fingerprint density at radius 2 is 2.18 bits per heavy atom. The lowest BCUT2D eigenvalue weighted by Gasteiger charge is -1.97. The van der Waals surface area contributed by atoms with Crippen molar-refractivity contribution in [2.24, 2.45) is 0 Å². The lowest BCUT2D eigenvalue weighted by atomic mass is 10.6. The summed E-state index contributed by atoms with van der Waals surface area (Å²) in [7, 11) is 0. The van der Waals surface area contributed by atoms with Crippen LogP contribution in [-0.4, -0.2) is 4.98 Å². The Labute approximate surface area is 68.5 Å². The van der Waals surface area contributed by atoms with Gasteiger partial charge in [-0.2, -0.15) is 13.2 Å². The minimum Gasteiger partial charge on any atom is -0.437 e. The Kier molecular flexibility index (Phi) is 2.22. The summed E-state index contributed by atoms with van der Waals surface area (Å²) in [6, 6.07) is 0. The fourth-order valence-electron chi connectivity index (χ4n) is 0.500. The van der Waals surface area contributed by atoms with Crippen LogP contribution in [0.2, 0.25) is 0 Å². The van der Waals surface area contributed by atoms with Crippen LogP contribution in [0.15, 0.2) is 10.6 Å². The highest BCUT2D eigenvalue weighted by molar-refractivity contribution is 9.08. The number of alkyl halides is 4. The van der Waals surface area contributed by atoms with Crippen LogP contribution in [0.25, 0.3) is 0 Å². The van der Waals surface area contributed by atoms with Gasteiger partial charge >= 0.3 is 12.1 Å². The van der Waals surface area contributed by atoms with E-state index < -0.39 is 12.1 Å². The maximum atomic E-state index is 11.8. The summed E-state index contributed by atoms with van der Waals surface area (Å²) in [5.41, 5.74) is 0. The quantitative estimate of drug-likeness (QED) is 0.693. The Balaban J connectivity index is 2.89. The molecule has 62 valence electrons. The summed E-state index contributed by atoms with van der Waals surface area (Å²) in [6.45, 7) is 0. The summed E-state index contributed by atoms with van der Waals surface area (Å²) >= 11 is 2.94. The number of hydrogen-bond donors (Lipinski definition) is 0. The van der Waals surface area contributed by atoms with Gasteiger partial charge in [-0.1, -0.05) is 15.9 Å². The third-order valence-corrected chi connectivity index (χ3v) is 1.48. The molecule has 0 aliphatic heterocycles. The smallest absolute Gasteiger partial charge is 0.437 e. The van der Waals surface area contributed by atoms with Crippen LogP contribution in [-0.2, 0) is 11.5 Å². The van der Waals surface area contributed by atoms with Crippen molar-refractivity contribution in [3.05, 3.63) is 17.8 Å². The number of halogens is 4. The Morgan fingerprint density at radius 3 is 2.45 bits per heavy atom. The van der Waals surface area contributed by atoms with Crippen LogP contribution in [0, 0.1) is 0 Å². The fourth-order valence-corrected chi connectivity index (χ4v) is 0.760. The van der Waals surface area contributed by atoms with Gasteiger partial charge in [-0.3, -0.25) is 0 Å². The second-order valence-electron chi connectivity index (χ2n) is 1.76. The Hall–Kier alpha value is -0.520. The van der Waals surface area contributed by atoms with Crippen LogP contribution in [0.1, 0.15) is 11.7 Å². The van der Waals surface area contributed by atoms with Crippen molar-refractivity contribution in [3.63, 3.8) is 0 Å². The van der Waals surface area contributed by atoms with Gasteiger partial charge in [0.05, 0.1) is 11.5 Å². The van der Waals surface area contributed by atoms with Gasteiger partial charge in [-0.15, -0.1) is 0 Å². The van der Waals surface area contributed by atoms with E-state index in [4.69, 9.17) is 0 Å². The molecule has 6 heteroatoms. The molecule has 0 saturated heterocycles. The third-order valence-electron chi connectivity index (χ3n) is 0.928. The van der Waals surface area contributed by atoms with Gasteiger partial charge in [0.1, 0.15) is 5.76 Å². The SMILES string of the molecule is FC(F)(F)c1ncc(CBr)o1. The maximum Gasteiger partial charge on any atom is 0.468 e. The molecule has 1 rings (SSSR count). The van der Waals surface area contributed by atoms with E-state index in [0.717, 1.165) is 6.20 Å². The van der Waals surface area contributed by atoms with Gasteiger partial charge in [-0.25, -0.2) is 4.98 Å². The van der Waals surface area contributed by atoms with Gasteiger partial charge in [-0.05, 0) is 0 Å². The molecule has 1 heterocycles. The first kappa shape index (κ1) is 8.58. The normalized spacial score (nSPS) is 12.0. The zero-order chi connectivity index (χ0) is 8.48. The molecule has 1 aromatic rings. The van der Waals surface area contributed by atoms with Gasteiger partial charge in [0.15, 0.2) is 0 Å². The first-order valence-electron chi connectivity index (χ1n) is 2.62. The standard InChI is InChI=1S/C5H3BrF3NO/c6-1-3-2-10-4(11-3)5(7,8)9/h2H,1H2.